The van der Waals surface area contributed by atoms with E-state index in [0.29, 0.717) is 6.04 Å². The zero-order chi connectivity index (χ0) is 21.6. The molecule has 1 unspecified atom stereocenters. The molecule has 1 atom stereocenters. The van der Waals surface area contributed by atoms with Crippen molar-refractivity contribution in [3.63, 3.8) is 0 Å². The van der Waals surface area contributed by atoms with Gasteiger partial charge in [0.2, 0.25) is 0 Å². The molecular weight excluding hydrogens is 406 g/mol. The normalized spacial score (nSPS) is 22.6. The molecule has 8 heteroatoms. The fourth-order valence-corrected chi connectivity index (χ4v) is 6.22. The summed E-state index contributed by atoms with van der Waals surface area (Å²) in [7, 11) is 0. The maximum atomic E-state index is 4.63. The largest absolute Gasteiger partial charge is 0.366 e. The van der Waals surface area contributed by atoms with Crippen LogP contribution in [0.2, 0.25) is 0 Å². The predicted molar refractivity (Wildman–Crippen MR) is 124 cm³/mol. The molecule has 162 valence electrons. The first-order valence-electron chi connectivity index (χ1n) is 10.8. The maximum Gasteiger partial charge on any atom is 0.148 e. The van der Waals surface area contributed by atoms with Gasteiger partial charge < -0.3 is 10.6 Å². The highest BCUT2D eigenvalue weighted by atomic mass is 32.1. The molecule has 3 aromatic heterocycles. The van der Waals surface area contributed by atoms with Gasteiger partial charge >= 0.3 is 0 Å². The van der Waals surface area contributed by atoms with Gasteiger partial charge in [-0.1, -0.05) is 6.08 Å². The Bertz CT molecular complexity index is 1060. The molecule has 5 rings (SSSR count). The van der Waals surface area contributed by atoms with Gasteiger partial charge in [-0.15, -0.1) is 16.4 Å². The molecular formula is C23H29N7S. The summed E-state index contributed by atoms with van der Waals surface area (Å²) < 4.78 is 0. The maximum absolute atomic E-state index is 4.63. The number of H-pyrrole nitrogens is 1. The Hall–Kier alpha value is -2.58. The second-order valence-electron chi connectivity index (χ2n) is 9.94. The van der Waals surface area contributed by atoms with Crippen LogP contribution in [0.4, 0.5) is 5.82 Å². The van der Waals surface area contributed by atoms with Crippen LogP contribution in [0.5, 0.6) is 0 Å². The SMILES string of the molecule is CC1(C)CC(Nc2ccc(C3CC=C(c4cn[nH]c4)c4ncsc43)nn2)CC(C)(C)N1. The van der Waals surface area contributed by atoms with E-state index >= 15 is 0 Å². The molecule has 4 heterocycles. The Labute approximate surface area is 186 Å². The molecule has 7 nitrogen and oxygen atoms in total. The number of allylic oxidation sites excluding steroid dienone is 1. The number of aromatic amines is 1. The number of piperidine rings is 1. The van der Waals surface area contributed by atoms with E-state index in [-0.39, 0.29) is 17.0 Å². The van der Waals surface area contributed by atoms with Gasteiger partial charge in [0.15, 0.2) is 0 Å². The number of nitrogens with zero attached hydrogens (tertiary/aromatic N) is 4. The Balaban J connectivity index is 1.33. The fourth-order valence-electron chi connectivity index (χ4n) is 5.29. The van der Waals surface area contributed by atoms with Crippen molar-refractivity contribution in [3.05, 3.63) is 57.9 Å². The highest BCUT2D eigenvalue weighted by Gasteiger charge is 2.37. The predicted octanol–water partition coefficient (Wildman–Crippen LogP) is 4.34. The van der Waals surface area contributed by atoms with Gasteiger partial charge in [-0.2, -0.15) is 10.2 Å². The Morgan fingerprint density at radius 2 is 1.90 bits per heavy atom. The topological polar surface area (TPSA) is 91.4 Å². The molecule has 1 fully saturated rings. The third-order valence-electron chi connectivity index (χ3n) is 6.12. The molecule has 0 amide bonds. The van der Waals surface area contributed by atoms with Crippen LogP contribution in [-0.4, -0.2) is 42.5 Å². The van der Waals surface area contributed by atoms with Crippen molar-refractivity contribution >= 4 is 22.7 Å². The summed E-state index contributed by atoms with van der Waals surface area (Å²) in [5, 5.41) is 23.5. The van der Waals surface area contributed by atoms with Crippen molar-refractivity contribution in [1.82, 2.24) is 30.7 Å². The van der Waals surface area contributed by atoms with Crippen LogP contribution in [0.1, 0.15) is 74.7 Å². The number of fused-ring (bicyclic) bond motifs is 1. The fraction of sp³-hybridized carbons (Fsp3) is 0.478. The van der Waals surface area contributed by atoms with Gasteiger partial charge in [0, 0.05) is 45.2 Å². The monoisotopic (exact) mass is 435 g/mol. The van der Waals surface area contributed by atoms with Gasteiger partial charge in [-0.05, 0) is 59.1 Å². The van der Waals surface area contributed by atoms with E-state index < -0.39 is 0 Å². The minimum absolute atomic E-state index is 0.0937. The summed E-state index contributed by atoms with van der Waals surface area (Å²) in [6.07, 6.45) is 8.98. The lowest BCUT2D eigenvalue weighted by Gasteiger charge is -2.46. The molecule has 0 saturated carbocycles. The van der Waals surface area contributed by atoms with Crippen LogP contribution in [0.25, 0.3) is 5.57 Å². The van der Waals surface area contributed by atoms with Crippen molar-refractivity contribution in [2.24, 2.45) is 0 Å². The van der Waals surface area contributed by atoms with Crippen molar-refractivity contribution in [2.45, 2.75) is 70.0 Å². The molecule has 3 N–H and O–H groups in total. The molecule has 0 aromatic carbocycles. The second kappa shape index (κ2) is 7.53. The van der Waals surface area contributed by atoms with Crippen molar-refractivity contribution in [3.8, 4) is 0 Å². The lowest BCUT2D eigenvalue weighted by Crippen LogP contribution is -2.60. The third kappa shape index (κ3) is 4.14. The van der Waals surface area contributed by atoms with Crippen molar-refractivity contribution < 1.29 is 0 Å². The zero-order valence-electron chi connectivity index (χ0n) is 18.4. The van der Waals surface area contributed by atoms with E-state index in [0.717, 1.165) is 47.6 Å². The second-order valence-corrected chi connectivity index (χ2v) is 10.8. The molecule has 3 aromatic rings. The summed E-state index contributed by atoms with van der Waals surface area (Å²) in [5.74, 6) is 1.04. The summed E-state index contributed by atoms with van der Waals surface area (Å²) in [6.45, 7) is 9.05. The minimum Gasteiger partial charge on any atom is -0.366 e. The van der Waals surface area contributed by atoms with E-state index in [1.165, 1.54) is 4.88 Å². The van der Waals surface area contributed by atoms with Crippen LogP contribution in [-0.2, 0) is 0 Å². The van der Waals surface area contributed by atoms with Gasteiger partial charge in [0.1, 0.15) is 5.82 Å². The van der Waals surface area contributed by atoms with Crippen molar-refractivity contribution in [2.75, 3.05) is 5.32 Å². The Kier molecular flexibility index (Phi) is 4.94. The highest BCUT2D eigenvalue weighted by Crippen LogP contribution is 2.41. The molecule has 1 aliphatic carbocycles. The van der Waals surface area contributed by atoms with E-state index in [2.05, 4.69) is 81.9 Å². The van der Waals surface area contributed by atoms with Crippen LogP contribution in [0.15, 0.2) is 36.1 Å². The Morgan fingerprint density at radius 1 is 1.10 bits per heavy atom. The third-order valence-corrected chi connectivity index (χ3v) is 7.06. The van der Waals surface area contributed by atoms with Crippen LogP contribution < -0.4 is 10.6 Å². The number of thiazole rings is 1. The van der Waals surface area contributed by atoms with Crippen LogP contribution in [0.3, 0.4) is 0 Å². The zero-order valence-corrected chi connectivity index (χ0v) is 19.3. The first-order valence-corrected chi connectivity index (χ1v) is 11.7. The van der Waals surface area contributed by atoms with E-state index in [4.69, 9.17) is 0 Å². The number of rotatable bonds is 4. The molecule has 2 aliphatic rings. The smallest absolute Gasteiger partial charge is 0.148 e. The molecule has 1 saturated heterocycles. The van der Waals surface area contributed by atoms with Gasteiger partial charge in [0.05, 0.1) is 23.1 Å². The first-order chi connectivity index (χ1) is 14.8. The van der Waals surface area contributed by atoms with Crippen LogP contribution >= 0.6 is 11.3 Å². The lowest BCUT2D eigenvalue weighted by molar-refractivity contribution is 0.170. The molecule has 1 aliphatic heterocycles. The summed E-state index contributed by atoms with van der Waals surface area (Å²) in [5.41, 5.74) is 6.34. The van der Waals surface area contributed by atoms with Crippen LogP contribution in [0, 0.1) is 0 Å². The minimum atomic E-state index is 0.0937. The molecule has 0 spiro atoms. The molecule has 0 bridgehead atoms. The summed E-state index contributed by atoms with van der Waals surface area (Å²) in [4.78, 5) is 5.88. The highest BCUT2D eigenvalue weighted by molar-refractivity contribution is 7.10. The average Bonchev–Trinajstić information content (AvgIpc) is 3.38. The summed E-state index contributed by atoms with van der Waals surface area (Å²) in [6, 6.07) is 4.55. The Morgan fingerprint density at radius 3 is 2.58 bits per heavy atom. The standard InChI is InChI=1S/C23H29N7S/c1-22(2)9-15(10-23(3,4)30-22)27-19-8-7-18(28-29-19)17-6-5-16(14-11-25-26-12-14)20-21(17)31-13-24-20/h5,7-8,11-13,15,17,30H,6,9-10H2,1-4H3,(H,25,26)(H,27,29). The number of aromatic nitrogens is 5. The van der Waals surface area contributed by atoms with Gasteiger partial charge in [-0.3, -0.25) is 5.10 Å². The number of hydrogen-bond acceptors (Lipinski definition) is 7. The summed E-state index contributed by atoms with van der Waals surface area (Å²) >= 11 is 1.69. The number of anilines is 1. The van der Waals surface area contributed by atoms with E-state index in [9.17, 15) is 0 Å². The number of hydrogen-bond donors (Lipinski definition) is 3. The van der Waals surface area contributed by atoms with Crippen molar-refractivity contribution in [1.29, 1.82) is 0 Å². The van der Waals surface area contributed by atoms with Gasteiger partial charge in [0.25, 0.3) is 0 Å². The number of nitrogens with one attached hydrogen (secondary N) is 3. The molecule has 0 radical (unpaired) electrons. The first kappa shape index (κ1) is 20.3. The molecule has 31 heavy (non-hydrogen) atoms. The van der Waals surface area contributed by atoms with E-state index in [1.54, 1.807) is 11.3 Å². The van der Waals surface area contributed by atoms with E-state index in [1.807, 2.05) is 17.9 Å². The van der Waals surface area contributed by atoms with Gasteiger partial charge in [-0.25, -0.2) is 4.98 Å². The average molecular weight is 436 g/mol. The lowest BCUT2D eigenvalue weighted by atomic mass is 9.79. The quantitative estimate of drug-likeness (QED) is 0.564.